The predicted molar refractivity (Wildman–Crippen MR) is 133 cm³/mol. The zero-order chi connectivity index (χ0) is 24.7. The number of carbonyl (C=O) groups excluding carboxylic acids is 1. The van der Waals surface area contributed by atoms with Gasteiger partial charge in [-0.25, -0.2) is 9.50 Å². The second kappa shape index (κ2) is 9.64. The molecule has 1 fully saturated rings. The molecule has 1 aromatic carbocycles. The van der Waals surface area contributed by atoms with E-state index in [4.69, 9.17) is 0 Å². The van der Waals surface area contributed by atoms with Gasteiger partial charge in [0.05, 0.1) is 41.2 Å². The van der Waals surface area contributed by atoms with Crippen molar-refractivity contribution in [2.45, 2.75) is 12.7 Å². The van der Waals surface area contributed by atoms with Crippen LogP contribution in [0.15, 0.2) is 56.8 Å². The number of nitrogens with zero attached hydrogens (tertiary/aromatic N) is 4. The molecule has 1 aliphatic heterocycles. The van der Waals surface area contributed by atoms with Crippen LogP contribution in [0.3, 0.4) is 0 Å². The van der Waals surface area contributed by atoms with Crippen LogP contribution in [0.2, 0.25) is 0 Å². The third-order valence-corrected chi connectivity index (χ3v) is 8.34. The number of hydrogen-bond acceptors (Lipinski definition) is 4. The molecule has 3 aromatic heterocycles. The number of rotatable bonds is 4. The number of alkyl halides is 3. The molecule has 0 aliphatic carbocycles. The molecule has 4 aromatic rings. The van der Waals surface area contributed by atoms with Crippen LogP contribution in [0.25, 0.3) is 16.2 Å². The molecule has 5 rings (SSSR count). The number of piperazine rings is 1. The van der Waals surface area contributed by atoms with Crippen molar-refractivity contribution < 1.29 is 22.9 Å². The third kappa shape index (κ3) is 5.02. The third-order valence-electron chi connectivity index (χ3n) is 5.90. The Bertz CT molecular complexity index is 1380. The van der Waals surface area contributed by atoms with Gasteiger partial charge in [-0.05, 0) is 44.0 Å². The Morgan fingerprint density at radius 3 is 2.46 bits per heavy atom. The Labute approximate surface area is 219 Å². The number of fused-ring (bicyclic) bond motifs is 1. The fourth-order valence-electron chi connectivity index (χ4n) is 4.14. The van der Waals surface area contributed by atoms with E-state index in [1.54, 1.807) is 16.3 Å². The molecule has 1 amide bonds. The summed E-state index contributed by atoms with van der Waals surface area (Å²) < 4.78 is 43.4. The summed E-state index contributed by atoms with van der Waals surface area (Å²) in [6.45, 7) is 3.34. The number of benzene rings is 1. The number of amides is 1. The van der Waals surface area contributed by atoms with E-state index in [-0.39, 0.29) is 21.5 Å². The Kier molecular flexibility index (Phi) is 6.73. The van der Waals surface area contributed by atoms with Gasteiger partial charge in [-0.15, -0.1) is 11.3 Å². The zero-order valence-electron chi connectivity index (χ0n) is 18.1. The molecule has 1 aliphatic rings. The summed E-state index contributed by atoms with van der Waals surface area (Å²) in [6.07, 6.45) is -4.68. The second-order valence-electron chi connectivity index (χ2n) is 8.26. The van der Waals surface area contributed by atoms with Crippen LogP contribution in [-0.4, -0.2) is 51.6 Å². The average molecular weight is 630 g/mol. The summed E-state index contributed by atoms with van der Waals surface area (Å²) in [4.78, 5) is 21.2. The molecule has 0 radical (unpaired) electrons. The van der Waals surface area contributed by atoms with E-state index < -0.39 is 17.8 Å². The van der Waals surface area contributed by atoms with E-state index in [0.717, 1.165) is 30.2 Å². The van der Waals surface area contributed by atoms with E-state index in [1.807, 2.05) is 18.2 Å². The zero-order valence-corrected chi connectivity index (χ0v) is 22.1. The highest BCUT2D eigenvalue weighted by Crippen LogP contribution is 2.37. The quantitative estimate of drug-likeness (QED) is 0.361. The van der Waals surface area contributed by atoms with Crippen molar-refractivity contribution in [2.24, 2.45) is 0 Å². The number of halogens is 5. The first-order valence-corrected chi connectivity index (χ1v) is 13.2. The lowest BCUT2D eigenvalue weighted by molar-refractivity contribution is -0.917. The molecule has 0 unspecified atom stereocenters. The molecule has 0 saturated carbocycles. The molecule has 0 atom stereocenters. The van der Waals surface area contributed by atoms with Gasteiger partial charge in [-0.3, -0.25) is 4.79 Å². The van der Waals surface area contributed by atoms with Gasteiger partial charge in [0.2, 0.25) is 0 Å². The molecule has 35 heavy (non-hydrogen) atoms. The minimum atomic E-state index is -4.68. The van der Waals surface area contributed by atoms with Crippen molar-refractivity contribution in [3.05, 3.63) is 73.7 Å². The van der Waals surface area contributed by atoms with Gasteiger partial charge in [0, 0.05) is 15.4 Å². The van der Waals surface area contributed by atoms with Crippen LogP contribution in [0.5, 0.6) is 0 Å². The van der Waals surface area contributed by atoms with Crippen molar-refractivity contribution in [1.29, 1.82) is 0 Å². The first-order valence-electron chi connectivity index (χ1n) is 10.8. The lowest BCUT2D eigenvalue weighted by Gasteiger charge is -2.32. The number of thiophene rings is 1. The van der Waals surface area contributed by atoms with Crippen molar-refractivity contribution in [3.8, 4) is 10.6 Å². The van der Waals surface area contributed by atoms with Gasteiger partial charge in [0.1, 0.15) is 6.54 Å². The number of nitrogens with one attached hydrogen (secondary N) is 1. The van der Waals surface area contributed by atoms with Gasteiger partial charge >= 0.3 is 6.18 Å². The first-order chi connectivity index (χ1) is 16.7. The number of quaternary nitrogens is 1. The summed E-state index contributed by atoms with van der Waals surface area (Å²) in [6, 6.07) is 12.8. The molecular weight excluding hydrogens is 611 g/mol. The first kappa shape index (κ1) is 24.4. The van der Waals surface area contributed by atoms with Crippen molar-refractivity contribution >= 4 is 54.8 Å². The number of carbonyl (C=O) groups is 1. The fraction of sp³-hybridized carbons (Fsp3) is 0.261. The summed E-state index contributed by atoms with van der Waals surface area (Å²) >= 11 is 7.91. The maximum Gasteiger partial charge on any atom is 0.433 e. The summed E-state index contributed by atoms with van der Waals surface area (Å²) in [7, 11) is 0. The van der Waals surface area contributed by atoms with Crippen molar-refractivity contribution in [2.75, 3.05) is 26.2 Å². The Morgan fingerprint density at radius 1 is 1.11 bits per heavy atom. The van der Waals surface area contributed by atoms with Crippen LogP contribution in [-0.2, 0) is 12.7 Å². The number of hydrogen-bond donors (Lipinski definition) is 1. The predicted octanol–water partition coefficient (Wildman–Crippen LogP) is 4.54. The van der Waals surface area contributed by atoms with Gasteiger partial charge in [0.25, 0.3) is 5.91 Å². The molecule has 1 N–H and O–H groups in total. The molecule has 6 nitrogen and oxygen atoms in total. The van der Waals surface area contributed by atoms with Crippen molar-refractivity contribution in [3.63, 3.8) is 0 Å². The molecule has 1 saturated heterocycles. The van der Waals surface area contributed by atoms with Gasteiger partial charge in [0.15, 0.2) is 17.0 Å². The molecule has 12 heteroatoms. The van der Waals surface area contributed by atoms with Crippen LogP contribution in [0, 0.1) is 0 Å². The highest BCUT2D eigenvalue weighted by molar-refractivity contribution is 9.11. The van der Waals surface area contributed by atoms with Gasteiger partial charge < -0.3 is 9.80 Å². The highest BCUT2D eigenvalue weighted by Gasteiger charge is 2.37. The van der Waals surface area contributed by atoms with E-state index in [9.17, 15) is 18.0 Å². The monoisotopic (exact) mass is 628 g/mol. The van der Waals surface area contributed by atoms with Crippen LogP contribution in [0.1, 0.15) is 21.7 Å². The SMILES string of the molecule is O=C(c1nn2c(C(F)(F)F)cc(-c3cc(Br)cs3)nc2c1Br)N1CC[NH+](Cc2ccccc2)CC1. The second-order valence-corrected chi connectivity index (χ2v) is 10.9. The average Bonchev–Trinajstić information content (AvgIpc) is 3.42. The summed E-state index contributed by atoms with van der Waals surface area (Å²) in [5, 5.41) is 5.84. The van der Waals surface area contributed by atoms with E-state index >= 15 is 0 Å². The van der Waals surface area contributed by atoms with E-state index in [2.05, 4.69) is 54.1 Å². The molecule has 182 valence electrons. The molecular formula is C23H19Br2F3N5OS+. The maximum atomic E-state index is 13.9. The van der Waals surface area contributed by atoms with Gasteiger partial charge in [-0.1, -0.05) is 30.3 Å². The molecule has 0 bridgehead atoms. The number of aromatic nitrogens is 3. The van der Waals surface area contributed by atoms with Crippen LogP contribution < -0.4 is 4.90 Å². The topological polar surface area (TPSA) is 54.9 Å². The minimum Gasteiger partial charge on any atom is -0.328 e. The van der Waals surface area contributed by atoms with E-state index in [1.165, 1.54) is 21.8 Å². The van der Waals surface area contributed by atoms with Crippen molar-refractivity contribution in [1.82, 2.24) is 19.5 Å². The summed E-state index contributed by atoms with van der Waals surface area (Å²) in [5.74, 6) is -0.408. The lowest BCUT2D eigenvalue weighted by atomic mass is 10.2. The lowest BCUT2D eigenvalue weighted by Crippen LogP contribution is -3.13. The Morgan fingerprint density at radius 2 is 1.83 bits per heavy atom. The van der Waals surface area contributed by atoms with Crippen LogP contribution >= 0.6 is 43.2 Å². The normalized spacial score (nSPS) is 15.2. The molecule has 0 spiro atoms. The Hall–Kier alpha value is -2.28. The van der Waals surface area contributed by atoms with Crippen LogP contribution in [0.4, 0.5) is 13.2 Å². The standard InChI is InChI=1S/C23H18Br2F3N5OS/c24-15-10-17(35-13-15)16-11-18(23(26,27)28)33-21(29-16)19(25)20(30-33)22(34)32-8-6-31(7-9-32)12-14-4-2-1-3-5-14/h1-5,10-11,13H,6-9,12H2/p+1. The van der Waals surface area contributed by atoms with Gasteiger partial charge in [-0.2, -0.15) is 18.3 Å². The largest absolute Gasteiger partial charge is 0.433 e. The minimum absolute atomic E-state index is 0.0453. The maximum absolute atomic E-state index is 13.9. The Balaban J connectivity index is 1.42. The summed E-state index contributed by atoms with van der Waals surface area (Å²) in [5.41, 5.74) is 0.289. The highest BCUT2D eigenvalue weighted by atomic mass is 79.9. The fourth-order valence-corrected chi connectivity index (χ4v) is 6.04. The van der Waals surface area contributed by atoms with E-state index in [0.29, 0.717) is 22.5 Å². The molecule has 4 heterocycles. The smallest absolute Gasteiger partial charge is 0.328 e.